The molecule has 1 N–H and O–H groups in total. The summed E-state index contributed by atoms with van der Waals surface area (Å²) in [6.45, 7) is 5.20. The summed E-state index contributed by atoms with van der Waals surface area (Å²) in [5, 5.41) is 12.9. The summed E-state index contributed by atoms with van der Waals surface area (Å²) in [6, 6.07) is 8.32. The molecule has 0 radical (unpaired) electrons. The third-order valence-electron chi connectivity index (χ3n) is 3.42. The van der Waals surface area contributed by atoms with Gasteiger partial charge in [0.15, 0.2) is 0 Å². The Bertz CT molecular complexity index is 447. The van der Waals surface area contributed by atoms with Gasteiger partial charge < -0.3 is 10.2 Å². The smallest absolute Gasteiger partial charge is 0.101 e. The number of hydrogen-bond acceptors (Lipinski definition) is 3. The summed E-state index contributed by atoms with van der Waals surface area (Å²) in [6.07, 6.45) is 2.50. The lowest BCUT2D eigenvalue weighted by Gasteiger charge is -2.26. The van der Waals surface area contributed by atoms with Gasteiger partial charge >= 0.3 is 0 Å². The minimum absolute atomic E-state index is 0.535. The molecule has 0 bridgehead atoms. The monoisotopic (exact) mass is 263 g/mol. The molecule has 1 aliphatic rings. The second kappa shape index (κ2) is 6.08. The lowest BCUT2D eigenvalue weighted by atomic mass is 10.1. The third-order valence-corrected chi connectivity index (χ3v) is 3.74. The van der Waals surface area contributed by atoms with Crippen molar-refractivity contribution in [2.75, 3.05) is 24.5 Å². The maximum atomic E-state index is 8.88. The van der Waals surface area contributed by atoms with E-state index in [1.165, 1.54) is 12.8 Å². The highest BCUT2D eigenvalue weighted by atomic mass is 35.5. The molecule has 1 aromatic carbocycles. The van der Waals surface area contributed by atoms with E-state index in [4.69, 9.17) is 16.9 Å². The molecule has 2 rings (SSSR count). The molecule has 0 aliphatic carbocycles. The van der Waals surface area contributed by atoms with Gasteiger partial charge in [-0.05, 0) is 44.5 Å². The fraction of sp³-hybridized carbons (Fsp3) is 0.500. The minimum Gasteiger partial charge on any atom is -0.370 e. The number of rotatable bonds is 4. The summed E-state index contributed by atoms with van der Waals surface area (Å²) >= 11 is 6.08. The van der Waals surface area contributed by atoms with E-state index in [-0.39, 0.29) is 0 Å². The van der Waals surface area contributed by atoms with E-state index in [0.717, 1.165) is 25.3 Å². The van der Waals surface area contributed by atoms with Crippen molar-refractivity contribution >= 4 is 17.3 Å². The average molecular weight is 264 g/mol. The molecule has 3 nitrogen and oxygen atoms in total. The molecule has 1 aromatic rings. The van der Waals surface area contributed by atoms with Gasteiger partial charge in [0.2, 0.25) is 0 Å². The van der Waals surface area contributed by atoms with E-state index >= 15 is 0 Å². The first-order valence-corrected chi connectivity index (χ1v) is 6.80. The molecule has 18 heavy (non-hydrogen) atoms. The highest BCUT2D eigenvalue weighted by Crippen LogP contribution is 2.24. The zero-order valence-electron chi connectivity index (χ0n) is 10.6. The molecule has 1 heterocycles. The van der Waals surface area contributed by atoms with Crippen LogP contribution in [0.5, 0.6) is 0 Å². The molecule has 1 saturated heterocycles. The van der Waals surface area contributed by atoms with Crippen LogP contribution in [-0.2, 0) is 0 Å². The van der Waals surface area contributed by atoms with Crippen LogP contribution in [0.1, 0.15) is 25.3 Å². The molecular weight excluding hydrogens is 246 g/mol. The number of nitriles is 1. The predicted octanol–water partition coefficient (Wildman–Crippen LogP) is 2.79. The summed E-state index contributed by atoms with van der Waals surface area (Å²) < 4.78 is 0. The van der Waals surface area contributed by atoms with Crippen LogP contribution in [0.25, 0.3) is 0 Å². The van der Waals surface area contributed by atoms with Gasteiger partial charge in [0.25, 0.3) is 0 Å². The van der Waals surface area contributed by atoms with E-state index < -0.39 is 0 Å². The Morgan fingerprint density at radius 1 is 1.56 bits per heavy atom. The normalized spacial score (nSPS) is 18.6. The van der Waals surface area contributed by atoms with Crippen molar-refractivity contribution in [2.24, 2.45) is 0 Å². The number of anilines is 1. The van der Waals surface area contributed by atoms with Gasteiger partial charge in [0.05, 0.1) is 10.6 Å². The fourth-order valence-corrected chi connectivity index (χ4v) is 2.60. The van der Waals surface area contributed by atoms with Crippen molar-refractivity contribution < 1.29 is 0 Å². The number of benzene rings is 1. The molecule has 1 aliphatic heterocycles. The highest BCUT2D eigenvalue weighted by molar-refractivity contribution is 6.32. The molecule has 4 heteroatoms. The highest BCUT2D eigenvalue weighted by Gasteiger charge is 2.17. The first-order chi connectivity index (χ1) is 8.74. The van der Waals surface area contributed by atoms with Gasteiger partial charge in [-0.3, -0.25) is 0 Å². The fourth-order valence-electron chi connectivity index (χ4n) is 2.39. The molecule has 1 atom stereocenters. The Kier molecular flexibility index (Phi) is 4.46. The molecule has 1 fully saturated rings. The SMILES string of the molecule is CCN(CC1CCCN1)c1ccc(C#N)c(Cl)c1. The zero-order valence-corrected chi connectivity index (χ0v) is 11.4. The number of nitrogens with one attached hydrogen (secondary N) is 1. The van der Waals surface area contributed by atoms with Crippen LogP contribution in [0.3, 0.4) is 0 Å². The van der Waals surface area contributed by atoms with Gasteiger partial charge in [-0.25, -0.2) is 0 Å². The van der Waals surface area contributed by atoms with Crippen LogP contribution in [0, 0.1) is 11.3 Å². The second-order valence-electron chi connectivity index (χ2n) is 4.61. The molecule has 0 spiro atoms. The molecular formula is C14H18ClN3. The second-order valence-corrected chi connectivity index (χ2v) is 5.02. The van der Waals surface area contributed by atoms with Crippen LogP contribution < -0.4 is 10.2 Å². The van der Waals surface area contributed by atoms with Crippen LogP contribution in [0.2, 0.25) is 5.02 Å². The molecule has 96 valence electrons. The Morgan fingerprint density at radius 3 is 2.94 bits per heavy atom. The lowest BCUT2D eigenvalue weighted by molar-refractivity contribution is 0.586. The Hall–Kier alpha value is -1.24. The maximum Gasteiger partial charge on any atom is 0.101 e. The van der Waals surface area contributed by atoms with E-state index in [1.807, 2.05) is 12.1 Å². The summed E-state index contributed by atoms with van der Waals surface area (Å²) in [4.78, 5) is 2.30. The maximum absolute atomic E-state index is 8.88. The van der Waals surface area contributed by atoms with Crippen molar-refractivity contribution in [3.63, 3.8) is 0 Å². The average Bonchev–Trinajstić information content (AvgIpc) is 2.88. The predicted molar refractivity (Wildman–Crippen MR) is 75.1 cm³/mol. The van der Waals surface area contributed by atoms with Crippen molar-refractivity contribution in [1.29, 1.82) is 5.26 Å². The number of likely N-dealkylation sites (N-methyl/N-ethyl adjacent to an activating group) is 1. The van der Waals surface area contributed by atoms with E-state index in [2.05, 4.69) is 23.2 Å². The van der Waals surface area contributed by atoms with Crippen LogP contribution in [0.15, 0.2) is 18.2 Å². The minimum atomic E-state index is 0.535. The standard InChI is InChI=1S/C14H18ClN3/c1-2-18(10-12-4-3-7-17-12)13-6-5-11(9-16)14(15)8-13/h5-6,8,12,17H,2-4,7,10H2,1H3. The van der Waals surface area contributed by atoms with Gasteiger partial charge in [-0.15, -0.1) is 0 Å². The lowest BCUT2D eigenvalue weighted by Crippen LogP contribution is -2.37. The zero-order chi connectivity index (χ0) is 13.0. The van der Waals surface area contributed by atoms with E-state index in [1.54, 1.807) is 6.07 Å². The largest absolute Gasteiger partial charge is 0.370 e. The van der Waals surface area contributed by atoms with Gasteiger partial charge in [0.1, 0.15) is 6.07 Å². The number of nitrogens with zero attached hydrogens (tertiary/aromatic N) is 2. The molecule has 0 saturated carbocycles. The van der Waals surface area contributed by atoms with Gasteiger partial charge in [0, 0.05) is 24.8 Å². The van der Waals surface area contributed by atoms with Gasteiger partial charge in [-0.2, -0.15) is 5.26 Å². The Labute approximate surface area is 113 Å². The Balaban J connectivity index is 2.11. The van der Waals surface area contributed by atoms with E-state index in [0.29, 0.717) is 16.6 Å². The number of hydrogen-bond donors (Lipinski definition) is 1. The molecule has 1 unspecified atom stereocenters. The molecule has 0 aromatic heterocycles. The van der Waals surface area contributed by atoms with E-state index in [9.17, 15) is 0 Å². The van der Waals surface area contributed by atoms with Crippen LogP contribution in [0.4, 0.5) is 5.69 Å². The quantitative estimate of drug-likeness (QED) is 0.908. The number of halogens is 1. The van der Waals surface area contributed by atoms with Crippen molar-refractivity contribution in [3.05, 3.63) is 28.8 Å². The van der Waals surface area contributed by atoms with Crippen LogP contribution >= 0.6 is 11.6 Å². The first kappa shape index (κ1) is 13.2. The Morgan fingerprint density at radius 2 is 2.39 bits per heavy atom. The van der Waals surface area contributed by atoms with Crippen molar-refractivity contribution in [3.8, 4) is 6.07 Å². The molecule has 0 amide bonds. The van der Waals surface area contributed by atoms with Crippen LogP contribution in [-0.4, -0.2) is 25.7 Å². The first-order valence-electron chi connectivity index (χ1n) is 6.42. The summed E-state index contributed by atoms with van der Waals surface area (Å²) in [7, 11) is 0. The topological polar surface area (TPSA) is 39.1 Å². The summed E-state index contributed by atoms with van der Waals surface area (Å²) in [5.41, 5.74) is 1.63. The van der Waals surface area contributed by atoms with Gasteiger partial charge in [-0.1, -0.05) is 11.6 Å². The van der Waals surface area contributed by atoms with Crippen molar-refractivity contribution in [2.45, 2.75) is 25.8 Å². The summed E-state index contributed by atoms with van der Waals surface area (Å²) in [5.74, 6) is 0. The van der Waals surface area contributed by atoms with Crippen molar-refractivity contribution in [1.82, 2.24) is 5.32 Å². The third kappa shape index (κ3) is 2.95.